The van der Waals surface area contributed by atoms with Crippen molar-refractivity contribution in [3.05, 3.63) is 64.7 Å². The topological polar surface area (TPSA) is 102 Å². The fourth-order valence-corrected chi connectivity index (χ4v) is 3.91. The van der Waals surface area contributed by atoms with Crippen LogP contribution in [0.3, 0.4) is 0 Å². The molecule has 0 radical (unpaired) electrons. The Morgan fingerprint density at radius 1 is 1.07 bits per heavy atom. The van der Waals surface area contributed by atoms with Gasteiger partial charge in [0.2, 0.25) is 10.0 Å². The van der Waals surface area contributed by atoms with Crippen molar-refractivity contribution in [3.63, 3.8) is 0 Å². The lowest BCUT2D eigenvalue weighted by Gasteiger charge is -2.17. The number of esters is 1. The number of rotatable bonds is 9. The van der Waals surface area contributed by atoms with Crippen molar-refractivity contribution in [2.24, 2.45) is 5.92 Å². The second-order valence-corrected chi connectivity index (χ2v) is 9.27. The summed E-state index contributed by atoms with van der Waals surface area (Å²) in [6, 6.07) is 12.7. The van der Waals surface area contributed by atoms with Gasteiger partial charge in [-0.3, -0.25) is 4.79 Å². The summed E-state index contributed by atoms with van der Waals surface area (Å²) < 4.78 is 32.7. The minimum Gasteiger partial charge on any atom is -0.452 e. The van der Waals surface area contributed by atoms with Crippen molar-refractivity contribution < 1.29 is 22.7 Å². The average molecular weight is 453 g/mol. The number of carbonyl (C=O) groups excluding carboxylic acids is 2. The van der Waals surface area contributed by atoms with E-state index in [1.54, 1.807) is 24.3 Å². The fourth-order valence-electron chi connectivity index (χ4n) is 2.36. The van der Waals surface area contributed by atoms with Gasteiger partial charge in [0.05, 0.1) is 10.6 Å². The molecule has 9 heteroatoms. The maximum atomic E-state index is 12.6. The summed E-state index contributed by atoms with van der Waals surface area (Å²) in [5.41, 5.74) is 0.749. The van der Waals surface area contributed by atoms with Crippen molar-refractivity contribution in [2.75, 3.05) is 6.61 Å². The van der Waals surface area contributed by atoms with Crippen molar-refractivity contribution >= 4 is 33.5 Å². The Balaban J connectivity index is 2.06. The highest BCUT2D eigenvalue weighted by Gasteiger charge is 2.21. The first kappa shape index (κ1) is 23.9. The first-order chi connectivity index (χ1) is 14.1. The van der Waals surface area contributed by atoms with Crippen molar-refractivity contribution in [3.8, 4) is 0 Å². The van der Waals surface area contributed by atoms with Gasteiger partial charge in [0.15, 0.2) is 6.61 Å². The van der Waals surface area contributed by atoms with Crippen LogP contribution in [0.4, 0.5) is 0 Å². The van der Waals surface area contributed by atoms with Crippen LogP contribution in [-0.4, -0.2) is 32.9 Å². The fraction of sp³-hybridized carbons (Fsp3) is 0.333. The van der Waals surface area contributed by atoms with E-state index in [0.717, 1.165) is 11.6 Å². The molecule has 0 saturated heterocycles. The van der Waals surface area contributed by atoms with Crippen LogP contribution in [-0.2, 0) is 26.1 Å². The highest BCUT2D eigenvalue weighted by molar-refractivity contribution is 7.89. The second kappa shape index (κ2) is 10.6. The van der Waals surface area contributed by atoms with Gasteiger partial charge < -0.3 is 10.1 Å². The summed E-state index contributed by atoms with van der Waals surface area (Å²) in [5, 5.41) is 2.69. The lowest BCUT2D eigenvalue weighted by atomic mass is 10.1. The summed E-state index contributed by atoms with van der Waals surface area (Å²) in [6.07, 6.45) is 0. The van der Waals surface area contributed by atoms with Gasteiger partial charge in [-0.05, 0) is 36.6 Å². The van der Waals surface area contributed by atoms with Crippen LogP contribution in [0.25, 0.3) is 0 Å². The molecule has 0 spiro atoms. The Kier molecular flexibility index (Phi) is 8.40. The van der Waals surface area contributed by atoms with Crippen LogP contribution in [0, 0.1) is 5.92 Å². The van der Waals surface area contributed by atoms with Gasteiger partial charge in [-0.2, -0.15) is 0 Å². The lowest BCUT2D eigenvalue weighted by Crippen LogP contribution is -2.38. The molecular weight excluding hydrogens is 428 g/mol. The summed E-state index contributed by atoms with van der Waals surface area (Å²) in [5.74, 6) is -1.02. The molecule has 2 N–H and O–H groups in total. The van der Waals surface area contributed by atoms with E-state index in [9.17, 15) is 18.0 Å². The number of halogens is 1. The van der Waals surface area contributed by atoms with E-state index in [1.165, 1.54) is 12.1 Å². The number of nitrogens with one attached hydrogen (secondary N) is 2. The Morgan fingerprint density at radius 2 is 1.73 bits per heavy atom. The third-order valence-corrected chi connectivity index (χ3v) is 6.37. The molecule has 2 aromatic carbocycles. The average Bonchev–Trinajstić information content (AvgIpc) is 2.71. The molecule has 2 aromatic rings. The molecule has 0 aliphatic heterocycles. The number of ether oxygens (including phenoxy) is 1. The first-order valence-corrected chi connectivity index (χ1v) is 11.3. The van der Waals surface area contributed by atoms with Gasteiger partial charge in [0, 0.05) is 12.6 Å². The normalized spacial score (nSPS) is 12.4. The van der Waals surface area contributed by atoms with E-state index in [-0.39, 0.29) is 34.0 Å². The molecule has 1 unspecified atom stereocenters. The second-order valence-electron chi connectivity index (χ2n) is 7.13. The Hall–Kier alpha value is -2.42. The standard InChI is InChI=1S/C21H25ClN2O5S/c1-14(2)15(3)24-20(25)13-29-21(26)17-9-10-18(22)19(11-17)30(27,28)23-12-16-7-5-4-6-8-16/h4-11,14-15,23H,12-13H2,1-3H3,(H,24,25). The van der Waals surface area contributed by atoms with Crippen LogP contribution in [0.1, 0.15) is 36.7 Å². The van der Waals surface area contributed by atoms with Crippen molar-refractivity contribution in [1.29, 1.82) is 0 Å². The molecule has 0 aliphatic carbocycles. The van der Waals surface area contributed by atoms with E-state index < -0.39 is 28.5 Å². The van der Waals surface area contributed by atoms with Gasteiger partial charge >= 0.3 is 5.97 Å². The lowest BCUT2D eigenvalue weighted by molar-refractivity contribution is -0.125. The van der Waals surface area contributed by atoms with Crippen LogP contribution in [0.15, 0.2) is 53.4 Å². The van der Waals surface area contributed by atoms with Crippen LogP contribution >= 0.6 is 11.6 Å². The Morgan fingerprint density at radius 3 is 2.37 bits per heavy atom. The van der Waals surface area contributed by atoms with Crippen LogP contribution in [0.2, 0.25) is 5.02 Å². The van der Waals surface area contributed by atoms with Gasteiger partial charge in [-0.25, -0.2) is 17.9 Å². The zero-order valence-corrected chi connectivity index (χ0v) is 18.6. The third kappa shape index (κ3) is 6.83. The molecule has 0 heterocycles. The largest absolute Gasteiger partial charge is 0.452 e. The minimum absolute atomic E-state index is 0.0239. The summed E-state index contributed by atoms with van der Waals surface area (Å²) in [4.78, 5) is 23.9. The molecule has 0 aromatic heterocycles. The predicted octanol–water partition coefficient (Wildman–Crippen LogP) is 3.14. The highest BCUT2D eigenvalue weighted by Crippen LogP contribution is 2.23. The molecule has 30 heavy (non-hydrogen) atoms. The van der Waals surface area contributed by atoms with E-state index in [4.69, 9.17) is 16.3 Å². The number of hydrogen-bond donors (Lipinski definition) is 2. The highest BCUT2D eigenvalue weighted by atomic mass is 35.5. The zero-order valence-electron chi connectivity index (χ0n) is 17.0. The first-order valence-electron chi connectivity index (χ1n) is 9.40. The van der Waals surface area contributed by atoms with Gasteiger partial charge in [-0.15, -0.1) is 0 Å². The molecule has 162 valence electrons. The van der Waals surface area contributed by atoms with Gasteiger partial charge in [-0.1, -0.05) is 55.8 Å². The van der Waals surface area contributed by atoms with Gasteiger partial charge in [0.25, 0.3) is 5.91 Å². The molecule has 0 fully saturated rings. The molecule has 0 saturated carbocycles. The van der Waals surface area contributed by atoms with E-state index in [0.29, 0.717) is 0 Å². The maximum absolute atomic E-state index is 12.6. The third-order valence-electron chi connectivity index (χ3n) is 4.49. The van der Waals surface area contributed by atoms with E-state index in [1.807, 2.05) is 26.8 Å². The van der Waals surface area contributed by atoms with Crippen molar-refractivity contribution in [2.45, 2.75) is 38.3 Å². The number of benzene rings is 2. The predicted molar refractivity (Wildman–Crippen MR) is 115 cm³/mol. The zero-order chi connectivity index (χ0) is 22.3. The summed E-state index contributed by atoms with van der Waals surface area (Å²) in [6.45, 7) is 5.37. The number of amides is 1. The molecule has 0 bridgehead atoms. The molecule has 1 amide bonds. The number of sulfonamides is 1. The van der Waals surface area contributed by atoms with Crippen molar-refractivity contribution in [1.82, 2.24) is 10.0 Å². The molecule has 0 aliphatic rings. The molecule has 1 atom stereocenters. The molecule has 7 nitrogen and oxygen atoms in total. The van der Waals surface area contributed by atoms with E-state index >= 15 is 0 Å². The smallest absolute Gasteiger partial charge is 0.338 e. The number of hydrogen-bond acceptors (Lipinski definition) is 5. The Labute approximate surface area is 181 Å². The monoisotopic (exact) mass is 452 g/mol. The molecule has 2 rings (SSSR count). The SMILES string of the molecule is CC(C)C(C)NC(=O)COC(=O)c1ccc(Cl)c(S(=O)(=O)NCc2ccccc2)c1. The summed E-state index contributed by atoms with van der Waals surface area (Å²) >= 11 is 6.05. The van der Waals surface area contributed by atoms with E-state index in [2.05, 4.69) is 10.0 Å². The molecular formula is C21H25ClN2O5S. The summed E-state index contributed by atoms with van der Waals surface area (Å²) in [7, 11) is -3.97. The van der Waals surface area contributed by atoms with Crippen LogP contribution in [0.5, 0.6) is 0 Å². The number of carbonyl (C=O) groups is 2. The maximum Gasteiger partial charge on any atom is 0.338 e. The van der Waals surface area contributed by atoms with Gasteiger partial charge in [0.1, 0.15) is 4.90 Å². The minimum atomic E-state index is -3.97. The van der Waals surface area contributed by atoms with Crippen LogP contribution < -0.4 is 10.0 Å². The Bertz CT molecular complexity index is 994. The quantitative estimate of drug-likeness (QED) is 0.569.